The van der Waals surface area contributed by atoms with Gasteiger partial charge in [0.2, 0.25) is 0 Å². The molecule has 0 aliphatic carbocycles. The van der Waals surface area contributed by atoms with E-state index in [0.29, 0.717) is 0 Å². The summed E-state index contributed by atoms with van der Waals surface area (Å²) < 4.78 is 0. The first-order valence-corrected chi connectivity index (χ1v) is 41.2. The molecule has 12 heteroatoms. The van der Waals surface area contributed by atoms with Gasteiger partial charge in [0.1, 0.15) is 0 Å². The maximum absolute atomic E-state index is 4.49. The molecule has 0 aliphatic rings. The number of hydrogen-bond donors (Lipinski definition) is 0. The number of aryl methyl sites for hydroxylation is 5. The molecule has 0 bridgehead atoms. The van der Waals surface area contributed by atoms with Crippen LogP contribution >= 0.6 is 0 Å². The molecule has 4 radical (unpaired) electrons. The number of aromatic nitrogens is 8. The summed E-state index contributed by atoms with van der Waals surface area (Å²) in [6.07, 6.45) is 9.17. The Morgan fingerprint density at radius 3 is 0.777 bits per heavy atom. The second-order valence-corrected chi connectivity index (χ2v) is 28.6. The SMILES string of the molecule is C.Cc1cccc(-c2[c-]cccc2)n1.Cc1cccc(-c2[c-]cccc2)n1.Cc1cccc(-c2[c-]cccc2)n1.Cc1ccnc(-c2[c-]cc(-c3ccccc3)cc2)c1.Cc1ccnc(-c2[c-]cc(-c3ccccc3)cc2)c1.[Ir].[Ir].[Ir].[Ir].[c-]1ccc(-c2ccccc2)cc1-c1ccccn1.[c-]1ccccc1-c1ccc(-c2ccccc2)cn1.[c-]1ccccc1-c1ccccn1. The van der Waals surface area contributed by atoms with Gasteiger partial charge in [-0.3, -0.25) is 0 Å². The summed E-state index contributed by atoms with van der Waals surface area (Å²) in [5.74, 6) is 0. The first-order valence-electron chi connectivity index (χ1n) is 41.2. The largest absolute Gasteiger partial charge is 0.305 e. The number of nitrogens with zero attached hydrogens (tertiary/aromatic N) is 8. The van der Waals surface area contributed by atoms with Gasteiger partial charge in [-0.15, -0.1) is 275 Å². The summed E-state index contributed by atoms with van der Waals surface area (Å²) in [6, 6.07) is 167. The van der Waals surface area contributed by atoms with Crippen LogP contribution in [0.1, 0.15) is 35.6 Å². The molecule has 20 rings (SSSR count). The molecule has 0 atom stereocenters. The van der Waals surface area contributed by atoms with Crippen LogP contribution in [0.15, 0.2) is 456 Å². The van der Waals surface area contributed by atoms with Crippen LogP contribution in [0, 0.1) is 83.1 Å². The van der Waals surface area contributed by atoms with Crippen LogP contribution in [0.5, 0.6) is 0 Å². The second kappa shape index (κ2) is 55.9. The molecular formula is C118H94Ir4N8-8. The predicted molar refractivity (Wildman–Crippen MR) is 520 cm³/mol. The van der Waals surface area contributed by atoms with Crippen molar-refractivity contribution in [2.24, 2.45) is 0 Å². The van der Waals surface area contributed by atoms with Gasteiger partial charge in [0.05, 0.1) is 0 Å². The third kappa shape index (κ3) is 32.6. The molecule has 12 aromatic carbocycles. The molecule has 0 aliphatic heterocycles. The molecule has 0 unspecified atom stereocenters. The average molecular weight is 2390 g/mol. The molecule has 0 saturated heterocycles. The number of rotatable bonds is 12. The minimum Gasteiger partial charge on any atom is -0.305 e. The summed E-state index contributed by atoms with van der Waals surface area (Å²) in [6.45, 7) is 10.1. The van der Waals surface area contributed by atoms with Crippen molar-refractivity contribution in [1.82, 2.24) is 39.9 Å². The van der Waals surface area contributed by atoms with E-state index >= 15 is 0 Å². The van der Waals surface area contributed by atoms with Crippen LogP contribution in [0.25, 0.3) is 135 Å². The van der Waals surface area contributed by atoms with Crippen molar-refractivity contribution in [1.29, 1.82) is 0 Å². The van der Waals surface area contributed by atoms with Crippen LogP contribution in [0.3, 0.4) is 0 Å². The summed E-state index contributed by atoms with van der Waals surface area (Å²) in [5.41, 5.74) is 31.1. The summed E-state index contributed by atoms with van der Waals surface area (Å²) in [7, 11) is 0. The minimum absolute atomic E-state index is 0. The zero-order valence-electron chi connectivity index (χ0n) is 71.7. The Morgan fingerprint density at radius 2 is 0.469 bits per heavy atom. The quantitative estimate of drug-likeness (QED) is 0.111. The summed E-state index contributed by atoms with van der Waals surface area (Å²) >= 11 is 0. The maximum Gasteiger partial charge on any atom is 0.0266 e. The topological polar surface area (TPSA) is 103 Å². The molecule has 8 heterocycles. The molecule has 130 heavy (non-hydrogen) atoms. The molecule has 0 amide bonds. The van der Waals surface area contributed by atoms with Crippen molar-refractivity contribution in [3.05, 3.63) is 532 Å². The summed E-state index contributed by atoms with van der Waals surface area (Å²) in [5, 5.41) is 0. The van der Waals surface area contributed by atoms with Crippen LogP contribution in [0.2, 0.25) is 0 Å². The van der Waals surface area contributed by atoms with Gasteiger partial charge in [-0.05, 0) is 139 Å². The van der Waals surface area contributed by atoms with E-state index in [1.165, 1.54) is 50.1 Å². The third-order valence-electron chi connectivity index (χ3n) is 19.2. The predicted octanol–water partition coefficient (Wildman–Crippen LogP) is 29.2. The van der Waals surface area contributed by atoms with E-state index in [-0.39, 0.29) is 87.8 Å². The Hall–Kier alpha value is -13.6. The van der Waals surface area contributed by atoms with Crippen LogP contribution < -0.4 is 0 Å². The van der Waals surface area contributed by atoms with Crippen molar-refractivity contribution in [2.75, 3.05) is 0 Å². The first kappa shape index (κ1) is 102. The van der Waals surface area contributed by atoms with Crippen LogP contribution in [-0.4, -0.2) is 39.9 Å². The van der Waals surface area contributed by atoms with Gasteiger partial charge in [0, 0.05) is 128 Å². The Labute approximate surface area is 821 Å². The second-order valence-electron chi connectivity index (χ2n) is 28.6. The normalized spacial score (nSPS) is 9.73. The average Bonchev–Trinajstić information content (AvgIpc) is 0.854. The number of hydrogen-bond acceptors (Lipinski definition) is 8. The van der Waals surface area contributed by atoms with Gasteiger partial charge in [-0.1, -0.05) is 247 Å². The Kier molecular flexibility index (Phi) is 43.8. The van der Waals surface area contributed by atoms with Crippen LogP contribution in [-0.2, 0) is 80.4 Å². The molecular weight excluding hydrogens is 2300 g/mol. The molecule has 0 saturated carbocycles. The molecule has 8 aromatic heterocycles. The molecule has 0 fully saturated rings. The molecule has 0 spiro atoms. The van der Waals surface area contributed by atoms with Crippen molar-refractivity contribution in [3.63, 3.8) is 0 Å². The van der Waals surface area contributed by atoms with E-state index in [1.54, 1.807) is 12.4 Å². The van der Waals surface area contributed by atoms with Crippen molar-refractivity contribution >= 4 is 0 Å². The third-order valence-corrected chi connectivity index (χ3v) is 19.2. The summed E-state index contributed by atoms with van der Waals surface area (Å²) in [4.78, 5) is 35.1. The van der Waals surface area contributed by atoms with Crippen molar-refractivity contribution < 1.29 is 80.4 Å². The van der Waals surface area contributed by atoms with E-state index in [4.69, 9.17) is 0 Å². The van der Waals surface area contributed by atoms with E-state index < -0.39 is 0 Å². The molecule has 20 aromatic rings. The molecule has 0 N–H and O–H groups in total. The number of pyridine rings is 8. The van der Waals surface area contributed by atoms with E-state index in [0.717, 1.165) is 113 Å². The Bertz CT molecular complexity index is 6040. The van der Waals surface area contributed by atoms with Gasteiger partial charge in [-0.25, -0.2) is 0 Å². The fourth-order valence-corrected chi connectivity index (χ4v) is 12.8. The first-order chi connectivity index (χ1) is 61.6. The van der Waals surface area contributed by atoms with Gasteiger partial charge >= 0.3 is 0 Å². The van der Waals surface area contributed by atoms with Gasteiger partial charge in [-0.2, -0.15) is 0 Å². The van der Waals surface area contributed by atoms with E-state index in [1.807, 2.05) is 361 Å². The van der Waals surface area contributed by atoms with E-state index in [2.05, 4.69) is 205 Å². The molecule has 8 nitrogen and oxygen atoms in total. The van der Waals surface area contributed by atoms with Crippen molar-refractivity contribution in [3.8, 4) is 135 Å². The maximum atomic E-state index is 4.49. The monoisotopic (exact) mass is 2390 g/mol. The Morgan fingerprint density at radius 1 is 0.177 bits per heavy atom. The standard InChI is InChI=1S/2C18H14N.2C17H12N.3C12H10N.C11H8N.CH4.4Ir/c2*1-14-11-12-19-18(13-14)17-9-7-16(8-10-17)15-5-3-2-4-6-15;1-3-7-14(8-4-1)16-11-12-17(18-13-16)15-9-5-2-6-10-15;1-2-7-14(8-3-1)15-9-6-10-16(13-15)17-11-4-5-12-18-17;3*1-10-6-5-9-12(13-10)11-7-3-2-4-8-11;1-2-6-10(7-3-1)11-8-4-5-9-12-11;;;;;/h2*2-9,11-13H,1H3;2*1-9,11-13H;3*2-7,9H,1H3;1-6,8-9H;1H4;;;;/q8*-1;;;;;. The zero-order chi connectivity index (χ0) is 86.1. The van der Waals surface area contributed by atoms with Gasteiger partial charge in [0.25, 0.3) is 0 Å². The van der Waals surface area contributed by atoms with Crippen LogP contribution in [0.4, 0.5) is 0 Å². The zero-order valence-corrected chi connectivity index (χ0v) is 81.3. The smallest absolute Gasteiger partial charge is 0.0266 e. The van der Waals surface area contributed by atoms with E-state index in [9.17, 15) is 0 Å². The van der Waals surface area contributed by atoms with Gasteiger partial charge in [0.15, 0.2) is 0 Å². The molecule has 650 valence electrons. The number of benzene rings is 12. The van der Waals surface area contributed by atoms with Crippen molar-refractivity contribution in [2.45, 2.75) is 42.0 Å². The van der Waals surface area contributed by atoms with Gasteiger partial charge < -0.3 is 39.9 Å². The Balaban J connectivity index is 0.000000183. The fourth-order valence-electron chi connectivity index (χ4n) is 12.8. The fraction of sp³-hybridized carbons (Fsp3) is 0.0508. The minimum atomic E-state index is 0.